The molecule has 0 unspecified atom stereocenters. The standard InChI is InChI=1S/C22H23N5O2S/c1-15-11-16(2)13-19(12-15)27-10-8-24-22(27)30-14-20(28)25-17-3-5-18(6-4-17)26-9-7-23-21(26)29/h3-6,8,10-13H,7,9,14H2,1-2H3,(H,23,29)(H,25,28). The van der Waals surface area contributed by atoms with Crippen LogP contribution in [0.25, 0.3) is 5.69 Å². The Morgan fingerprint density at radius 3 is 2.53 bits per heavy atom. The van der Waals surface area contributed by atoms with Gasteiger partial charge in [-0.05, 0) is 61.4 Å². The molecule has 154 valence electrons. The molecule has 1 aliphatic rings. The van der Waals surface area contributed by atoms with Gasteiger partial charge in [0.05, 0.1) is 5.75 Å². The molecule has 0 bridgehead atoms. The van der Waals surface area contributed by atoms with Crippen LogP contribution in [0.5, 0.6) is 0 Å². The van der Waals surface area contributed by atoms with E-state index in [1.54, 1.807) is 23.2 Å². The minimum atomic E-state index is -0.110. The molecular formula is C22H23N5O2S. The van der Waals surface area contributed by atoms with Gasteiger partial charge in [-0.3, -0.25) is 14.3 Å². The van der Waals surface area contributed by atoms with Gasteiger partial charge in [0.2, 0.25) is 5.91 Å². The summed E-state index contributed by atoms with van der Waals surface area (Å²) in [5, 5.41) is 6.44. The fourth-order valence-electron chi connectivity index (χ4n) is 3.45. The van der Waals surface area contributed by atoms with Crippen LogP contribution in [-0.2, 0) is 4.79 Å². The Kier molecular flexibility index (Phi) is 5.76. The van der Waals surface area contributed by atoms with E-state index in [0.717, 1.165) is 16.5 Å². The molecule has 2 aromatic carbocycles. The summed E-state index contributed by atoms with van der Waals surface area (Å²) in [4.78, 5) is 30.2. The topological polar surface area (TPSA) is 79.3 Å². The molecule has 1 aromatic heterocycles. The fourth-order valence-corrected chi connectivity index (χ4v) is 4.23. The number of thioether (sulfide) groups is 1. The normalized spacial score (nSPS) is 13.4. The molecule has 2 N–H and O–H groups in total. The van der Waals surface area contributed by atoms with Crippen LogP contribution >= 0.6 is 11.8 Å². The number of nitrogens with one attached hydrogen (secondary N) is 2. The predicted molar refractivity (Wildman–Crippen MR) is 120 cm³/mol. The van der Waals surface area contributed by atoms with Crippen LogP contribution in [0.3, 0.4) is 0 Å². The molecule has 0 aliphatic carbocycles. The lowest BCUT2D eigenvalue weighted by Crippen LogP contribution is -2.27. The van der Waals surface area contributed by atoms with Crippen molar-refractivity contribution in [3.63, 3.8) is 0 Å². The average Bonchev–Trinajstić information content (AvgIpc) is 3.35. The Morgan fingerprint density at radius 2 is 1.87 bits per heavy atom. The van der Waals surface area contributed by atoms with E-state index in [-0.39, 0.29) is 17.7 Å². The van der Waals surface area contributed by atoms with Crippen molar-refractivity contribution >= 4 is 35.1 Å². The van der Waals surface area contributed by atoms with Crippen molar-refractivity contribution in [3.8, 4) is 5.69 Å². The van der Waals surface area contributed by atoms with Gasteiger partial charge in [-0.2, -0.15) is 0 Å². The van der Waals surface area contributed by atoms with Crippen LogP contribution in [0.4, 0.5) is 16.2 Å². The van der Waals surface area contributed by atoms with E-state index in [4.69, 9.17) is 0 Å². The van der Waals surface area contributed by atoms with E-state index < -0.39 is 0 Å². The van der Waals surface area contributed by atoms with Crippen molar-refractivity contribution in [3.05, 3.63) is 66.0 Å². The molecule has 0 atom stereocenters. The lowest BCUT2D eigenvalue weighted by molar-refractivity contribution is -0.113. The molecule has 0 radical (unpaired) electrons. The number of urea groups is 1. The summed E-state index contributed by atoms with van der Waals surface area (Å²) in [7, 11) is 0. The van der Waals surface area contributed by atoms with Crippen molar-refractivity contribution in [2.75, 3.05) is 29.1 Å². The van der Waals surface area contributed by atoms with Crippen molar-refractivity contribution in [1.29, 1.82) is 0 Å². The number of anilines is 2. The molecule has 3 amide bonds. The number of aryl methyl sites for hydroxylation is 2. The van der Waals surface area contributed by atoms with E-state index in [1.807, 2.05) is 22.9 Å². The number of hydrogen-bond acceptors (Lipinski definition) is 4. The number of benzene rings is 2. The zero-order valence-corrected chi connectivity index (χ0v) is 17.7. The summed E-state index contributed by atoms with van der Waals surface area (Å²) in [5.74, 6) is 0.139. The summed E-state index contributed by atoms with van der Waals surface area (Å²) in [6.07, 6.45) is 3.65. The summed E-state index contributed by atoms with van der Waals surface area (Å²) in [6.45, 7) is 5.42. The van der Waals surface area contributed by atoms with Crippen molar-refractivity contribution in [1.82, 2.24) is 14.9 Å². The number of carbonyl (C=O) groups excluding carboxylic acids is 2. The Morgan fingerprint density at radius 1 is 1.13 bits per heavy atom. The molecule has 1 fully saturated rings. The molecule has 4 rings (SSSR count). The fraction of sp³-hybridized carbons (Fsp3) is 0.227. The zero-order valence-electron chi connectivity index (χ0n) is 16.9. The number of nitrogens with zero attached hydrogens (tertiary/aromatic N) is 3. The minimum Gasteiger partial charge on any atom is -0.336 e. The summed E-state index contributed by atoms with van der Waals surface area (Å²) in [6, 6.07) is 13.5. The number of amides is 3. The van der Waals surface area contributed by atoms with Crippen LogP contribution in [0.15, 0.2) is 60.0 Å². The number of aromatic nitrogens is 2. The van der Waals surface area contributed by atoms with Crippen LogP contribution < -0.4 is 15.5 Å². The molecule has 2 heterocycles. The van der Waals surface area contributed by atoms with Crippen LogP contribution in [0, 0.1) is 13.8 Å². The van der Waals surface area contributed by atoms with Gasteiger partial charge in [0, 0.05) is 42.5 Å². The van der Waals surface area contributed by atoms with Crippen LogP contribution in [0.1, 0.15) is 11.1 Å². The molecule has 0 saturated carbocycles. The SMILES string of the molecule is Cc1cc(C)cc(-n2ccnc2SCC(=O)Nc2ccc(N3CCNC3=O)cc2)c1. The number of imidazole rings is 1. The van der Waals surface area contributed by atoms with Crippen molar-refractivity contribution < 1.29 is 9.59 Å². The zero-order chi connectivity index (χ0) is 21.1. The van der Waals surface area contributed by atoms with Gasteiger partial charge in [-0.15, -0.1) is 0 Å². The highest BCUT2D eigenvalue weighted by molar-refractivity contribution is 7.99. The number of hydrogen-bond donors (Lipinski definition) is 2. The Bertz CT molecular complexity index is 1060. The highest BCUT2D eigenvalue weighted by atomic mass is 32.2. The van der Waals surface area contributed by atoms with Crippen LogP contribution in [-0.4, -0.2) is 40.3 Å². The summed E-state index contributed by atoms with van der Waals surface area (Å²) >= 11 is 1.39. The summed E-state index contributed by atoms with van der Waals surface area (Å²) in [5.41, 5.74) is 4.91. The van der Waals surface area contributed by atoms with E-state index in [9.17, 15) is 9.59 Å². The largest absolute Gasteiger partial charge is 0.336 e. The smallest absolute Gasteiger partial charge is 0.321 e. The number of rotatable bonds is 6. The third-order valence-corrected chi connectivity index (χ3v) is 5.71. The van der Waals surface area contributed by atoms with E-state index in [0.29, 0.717) is 18.8 Å². The van der Waals surface area contributed by atoms with Crippen molar-refractivity contribution in [2.45, 2.75) is 19.0 Å². The first-order valence-electron chi connectivity index (χ1n) is 9.70. The first-order valence-corrected chi connectivity index (χ1v) is 10.7. The molecule has 0 spiro atoms. The average molecular weight is 422 g/mol. The third-order valence-electron chi connectivity index (χ3n) is 4.74. The minimum absolute atomic E-state index is 0.0949. The second-order valence-electron chi connectivity index (χ2n) is 7.19. The van der Waals surface area contributed by atoms with Gasteiger partial charge >= 0.3 is 6.03 Å². The van der Waals surface area contributed by atoms with E-state index in [2.05, 4.69) is 47.7 Å². The molecule has 30 heavy (non-hydrogen) atoms. The molecule has 1 aliphatic heterocycles. The number of carbonyl (C=O) groups is 2. The highest BCUT2D eigenvalue weighted by Gasteiger charge is 2.20. The molecular weight excluding hydrogens is 398 g/mol. The Hall–Kier alpha value is -3.26. The van der Waals surface area contributed by atoms with Gasteiger partial charge in [-0.25, -0.2) is 9.78 Å². The monoisotopic (exact) mass is 421 g/mol. The van der Waals surface area contributed by atoms with E-state index >= 15 is 0 Å². The second-order valence-corrected chi connectivity index (χ2v) is 8.14. The predicted octanol–water partition coefficient (Wildman–Crippen LogP) is 3.75. The summed E-state index contributed by atoms with van der Waals surface area (Å²) < 4.78 is 1.99. The molecule has 3 aromatic rings. The maximum Gasteiger partial charge on any atom is 0.321 e. The van der Waals surface area contributed by atoms with Gasteiger partial charge < -0.3 is 10.6 Å². The first-order chi connectivity index (χ1) is 14.5. The van der Waals surface area contributed by atoms with E-state index in [1.165, 1.54) is 22.9 Å². The quantitative estimate of drug-likeness (QED) is 0.594. The van der Waals surface area contributed by atoms with Crippen molar-refractivity contribution in [2.24, 2.45) is 0 Å². The van der Waals surface area contributed by atoms with Gasteiger partial charge in [-0.1, -0.05) is 17.8 Å². The highest BCUT2D eigenvalue weighted by Crippen LogP contribution is 2.23. The molecule has 7 nitrogen and oxygen atoms in total. The maximum atomic E-state index is 12.4. The Balaban J connectivity index is 1.37. The third kappa shape index (κ3) is 4.49. The molecule has 1 saturated heterocycles. The lowest BCUT2D eigenvalue weighted by atomic mass is 10.1. The first kappa shape index (κ1) is 20.0. The van der Waals surface area contributed by atoms with Gasteiger partial charge in [0.15, 0.2) is 5.16 Å². The van der Waals surface area contributed by atoms with Gasteiger partial charge in [0.1, 0.15) is 0 Å². The second kappa shape index (κ2) is 8.62. The Labute approximate surface area is 179 Å². The maximum absolute atomic E-state index is 12.4. The van der Waals surface area contributed by atoms with Gasteiger partial charge in [0.25, 0.3) is 0 Å². The van der Waals surface area contributed by atoms with Crippen LogP contribution in [0.2, 0.25) is 0 Å². The lowest BCUT2D eigenvalue weighted by Gasteiger charge is -2.14. The molecule has 8 heteroatoms.